The molecule has 0 saturated carbocycles. The van der Waals surface area contributed by atoms with Crippen LogP contribution in [0.1, 0.15) is 37.5 Å². The molecule has 33 heavy (non-hydrogen) atoms. The predicted octanol–water partition coefficient (Wildman–Crippen LogP) is 3.21. The molecule has 2 atom stereocenters. The molecular weight excluding hydrogens is 434 g/mol. The summed E-state index contributed by atoms with van der Waals surface area (Å²) in [6, 6.07) is 15.4. The highest BCUT2D eigenvalue weighted by atomic mass is 32.2. The quantitative estimate of drug-likeness (QED) is 0.239. The van der Waals surface area contributed by atoms with Crippen LogP contribution in [-0.2, 0) is 22.3 Å². The molecule has 7 nitrogen and oxygen atoms in total. The Labute approximate surface area is 199 Å². The second kappa shape index (κ2) is 10.9. The highest BCUT2D eigenvalue weighted by Crippen LogP contribution is 2.22. The number of aryl methyl sites for hydroxylation is 1. The largest absolute Gasteiger partial charge is 0.611 e. The SMILES string of the molecule is CCc1cccc(C(=N)OC(NC)C2=C(N)N(C)CC(c3ccc([S+]([O-])C(C)C)cc3)=N2)c1. The molecule has 1 aliphatic rings. The van der Waals surface area contributed by atoms with Crippen LogP contribution in [0.15, 0.2) is 69.9 Å². The number of aliphatic imine (C=N–C) groups is 1. The van der Waals surface area contributed by atoms with Gasteiger partial charge in [0.2, 0.25) is 5.90 Å². The predicted molar refractivity (Wildman–Crippen MR) is 135 cm³/mol. The minimum atomic E-state index is -1.04. The monoisotopic (exact) mass is 467 g/mol. The van der Waals surface area contributed by atoms with E-state index in [-0.39, 0.29) is 11.1 Å². The van der Waals surface area contributed by atoms with Gasteiger partial charge in [0.05, 0.1) is 12.3 Å². The van der Waals surface area contributed by atoms with Crippen molar-refractivity contribution in [1.29, 1.82) is 5.41 Å². The fourth-order valence-corrected chi connectivity index (χ4v) is 4.46. The lowest BCUT2D eigenvalue weighted by atomic mass is 10.1. The van der Waals surface area contributed by atoms with E-state index in [9.17, 15) is 4.55 Å². The van der Waals surface area contributed by atoms with Crippen molar-refractivity contribution < 1.29 is 9.29 Å². The fourth-order valence-electron chi connectivity index (χ4n) is 3.52. The summed E-state index contributed by atoms with van der Waals surface area (Å²) in [5.74, 6) is 0.543. The van der Waals surface area contributed by atoms with Crippen LogP contribution < -0.4 is 11.1 Å². The summed E-state index contributed by atoms with van der Waals surface area (Å²) in [5.41, 5.74) is 10.5. The van der Waals surface area contributed by atoms with Gasteiger partial charge >= 0.3 is 0 Å². The summed E-state index contributed by atoms with van der Waals surface area (Å²) in [6.07, 6.45) is 0.199. The lowest BCUT2D eigenvalue weighted by Gasteiger charge is -2.30. The average molecular weight is 468 g/mol. The van der Waals surface area contributed by atoms with Crippen molar-refractivity contribution in [3.05, 3.63) is 76.7 Å². The van der Waals surface area contributed by atoms with Crippen LogP contribution in [0, 0.1) is 5.41 Å². The maximum Gasteiger partial charge on any atom is 0.215 e. The second-order valence-corrected chi connectivity index (χ2v) is 10.2. The van der Waals surface area contributed by atoms with Crippen molar-refractivity contribution in [2.45, 2.75) is 43.6 Å². The number of ether oxygens (including phenoxy) is 1. The number of hydrogen-bond donors (Lipinski definition) is 3. The Morgan fingerprint density at radius 2 is 1.97 bits per heavy atom. The zero-order valence-corrected chi connectivity index (χ0v) is 20.7. The van der Waals surface area contributed by atoms with Crippen molar-refractivity contribution in [2.24, 2.45) is 10.7 Å². The van der Waals surface area contributed by atoms with Crippen LogP contribution in [0.5, 0.6) is 0 Å². The van der Waals surface area contributed by atoms with Crippen LogP contribution in [0.4, 0.5) is 0 Å². The Kier molecular flexibility index (Phi) is 8.18. The number of nitrogens with one attached hydrogen (secondary N) is 2. The van der Waals surface area contributed by atoms with E-state index >= 15 is 0 Å². The van der Waals surface area contributed by atoms with Gasteiger partial charge in [-0.25, -0.2) is 4.99 Å². The van der Waals surface area contributed by atoms with E-state index in [0.717, 1.165) is 28.2 Å². The number of nitrogens with zero attached hydrogens (tertiary/aromatic N) is 2. The van der Waals surface area contributed by atoms with Gasteiger partial charge in [0.15, 0.2) is 11.1 Å². The first kappa shape index (κ1) is 24.8. The van der Waals surface area contributed by atoms with Crippen LogP contribution in [-0.4, -0.2) is 53.2 Å². The first-order chi connectivity index (χ1) is 15.7. The molecule has 1 heterocycles. The molecule has 2 unspecified atom stereocenters. The Morgan fingerprint density at radius 3 is 2.58 bits per heavy atom. The normalized spacial score (nSPS) is 16.0. The first-order valence-corrected chi connectivity index (χ1v) is 12.3. The van der Waals surface area contributed by atoms with E-state index < -0.39 is 17.4 Å². The fraction of sp³-hybridized carbons (Fsp3) is 0.360. The van der Waals surface area contributed by atoms with Crippen molar-refractivity contribution >= 4 is 22.8 Å². The second-order valence-electron chi connectivity index (χ2n) is 8.23. The van der Waals surface area contributed by atoms with Gasteiger partial charge in [-0.05, 0) is 86.0 Å². The van der Waals surface area contributed by atoms with Gasteiger partial charge in [-0.2, -0.15) is 0 Å². The lowest BCUT2D eigenvalue weighted by molar-refractivity contribution is 0.188. The van der Waals surface area contributed by atoms with Crippen molar-refractivity contribution in [1.82, 2.24) is 10.2 Å². The minimum absolute atomic E-state index is 0.0513. The van der Waals surface area contributed by atoms with Crippen molar-refractivity contribution in [2.75, 3.05) is 20.6 Å². The third-order valence-corrected chi connectivity index (χ3v) is 7.10. The van der Waals surface area contributed by atoms with E-state index in [1.54, 1.807) is 7.05 Å². The van der Waals surface area contributed by atoms with Crippen LogP contribution in [0.2, 0.25) is 0 Å². The Balaban J connectivity index is 1.86. The molecule has 4 N–H and O–H groups in total. The third-order valence-electron chi connectivity index (χ3n) is 5.51. The minimum Gasteiger partial charge on any atom is -0.611 e. The molecule has 0 radical (unpaired) electrons. The molecule has 0 saturated heterocycles. The number of benzene rings is 2. The summed E-state index contributed by atoms with van der Waals surface area (Å²) < 4.78 is 18.3. The summed E-state index contributed by atoms with van der Waals surface area (Å²) in [4.78, 5) is 7.52. The standard InChI is InChI=1S/C25H33N5O2S/c1-6-17-8-7-9-19(14-17)24(27)32-25(28-4)22-23(26)30(5)15-21(29-22)18-10-12-20(13-11-18)33(31)16(2)3/h7-14,16,25,27-28H,6,15,26H2,1-5H3. The third kappa shape index (κ3) is 5.76. The van der Waals surface area contributed by atoms with Crippen molar-refractivity contribution in [3.8, 4) is 0 Å². The van der Waals surface area contributed by atoms with E-state index in [1.165, 1.54) is 0 Å². The molecule has 1 aliphatic heterocycles. The molecule has 0 aromatic heterocycles. The number of likely N-dealkylation sites (N-methyl/N-ethyl adjacent to an activating group) is 2. The first-order valence-electron chi connectivity index (χ1n) is 11.1. The molecule has 0 spiro atoms. The van der Waals surface area contributed by atoms with Gasteiger partial charge in [0, 0.05) is 12.6 Å². The van der Waals surface area contributed by atoms with Crippen LogP contribution in [0.3, 0.4) is 0 Å². The molecule has 0 amide bonds. The Bertz CT molecular complexity index is 1050. The molecular formula is C25H33N5O2S. The number of nitrogens with two attached hydrogens (primary N) is 1. The van der Waals surface area contributed by atoms with E-state index in [0.29, 0.717) is 23.6 Å². The summed E-state index contributed by atoms with van der Waals surface area (Å²) in [5, 5.41) is 11.6. The Hall–Kier alpha value is -2.81. The molecule has 3 rings (SSSR count). The smallest absolute Gasteiger partial charge is 0.215 e. The molecule has 2 aromatic rings. The van der Waals surface area contributed by atoms with Gasteiger partial charge in [-0.3, -0.25) is 10.7 Å². The zero-order chi connectivity index (χ0) is 24.1. The van der Waals surface area contributed by atoms with E-state index in [1.807, 2.05) is 74.3 Å². The maximum absolute atomic E-state index is 12.4. The molecule has 0 bridgehead atoms. The van der Waals surface area contributed by atoms with Gasteiger partial charge in [0.1, 0.15) is 16.8 Å². The summed E-state index contributed by atoms with van der Waals surface area (Å²) in [6.45, 7) is 6.50. The molecule has 176 valence electrons. The van der Waals surface area contributed by atoms with Gasteiger partial charge in [-0.1, -0.05) is 19.1 Å². The van der Waals surface area contributed by atoms with Gasteiger partial charge in [-0.15, -0.1) is 0 Å². The summed E-state index contributed by atoms with van der Waals surface area (Å²) >= 11 is -1.04. The summed E-state index contributed by atoms with van der Waals surface area (Å²) in [7, 11) is 3.65. The van der Waals surface area contributed by atoms with E-state index in [4.69, 9.17) is 20.9 Å². The molecule has 8 heteroatoms. The lowest BCUT2D eigenvalue weighted by Crippen LogP contribution is -2.41. The molecule has 0 aliphatic carbocycles. The highest BCUT2D eigenvalue weighted by Gasteiger charge is 2.27. The van der Waals surface area contributed by atoms with Gasteiger partial charge < -0.3 is 19.9 Å². The molecule has 2 aromatic carbocycles. The number of hydrogen-bond acceptors (Lipinski definition) is 7. The zero-order valence-electron chi connectivity index (χ0n) is 19.9. The highest BCUT2D eigenvalue weighted by molar-refractivity contribution is 7.92. The molecule has 0 fully saturated rings. The van der Waals surface area contributed by atoms with Crippen LogP contribution >= 0.6 is 0 Å². The van der Waals surface area contributed by atoms with Crippen molar-refractivity contribution in [3.63, 3.8) is 0 Å². The van der Waals surface area contributed by atoms with E-state index in [2.05, 4.69) is 12.2 Å². The average Bonchev–Trinajstić information content (AvgIpc) is 2.83. The van der Waals surface area contributed by atoms with Crippen LogP contribution in [0.25, 0.3) is 0 Å². The number of rotatable bonds is 8. The Morgan fingerprint density at radius 1 is 1.27 bits per heavy atom. The van der Waals surface area contributed by atoms with Gasteiger partial charge in [0.25, 0.3) is 0 Å². The maximum atomic E-state index is 12.4. The topological polar surface area (TPSA) is 110 Å².